The van der Waals surface area contributed by atoms with Crippen LogP contribution in [-0.4, -0.2) is 40.4 Å². The van der Waals surface area contributed by atoms with Gasteiger partial charge in [0.1, 0.15) is 4.99 Å². The summed E-state index contributed by atoms with van der Waals surface area (Å²) in [6.07, 6.45) is 7.78. The van der Waals surface area contributed by atoms with Crippen LogP contribution in [0.2, 0.25) is 0 Å². The second-order valence-corrected chi connectivity index (χ2v) is 9.55. The Morgan fingerprint density at radius 3 is 2.14 bits per heavy atom. The molecule has 0 unspecified atom stereocenters. The molecule has 186 valence electrons. The minimum Gasteiger partial charge on any atom is -0.294 e. The van der Waals surface area contributed by atoms with Crippen molar-refractivity contribution in [2.75, 3.05) is 6.54 Å². The number of aliphatic imine (C=N–C) groups is 3. The third-order valence-electron chi connectivity index (χ3n) is 6.17. The zero-order valence-electron chi connectivity index (χ0n) is 20.8. The minimum atomic E-state index is -0.0797. The van der Waals surface area contributed by atoms with E-state index in [1.54, 1.807) is 0 Å². The van der Waals surface area contributed by atoms with E-state index in [2.05, 4.69) is 80.6 Å². The first kappa shape index (κ1) is 25.8. The molecular weight excluding hydrogens is 466 g/mol. The number of guanidine groups is 1. The molecule has 1 N–H and O–H groups in total. The summed E-state index contributed by atoms with van der Waals surface area (Å²) in [7, 11) is 0. The zero-order valence-corrected chi connectivity index (χ0v) is 21.6. The molecule has 2 heterocycles. The Hall–Kier alpha value is -3.29. The Balaban J connectivity index is 1.43. The fraction of sp³-hybridized carbons (Fsp3) is 0.345. The third kappa shape index (κ3) is 7.35. The molecule has 0 aliphatic carbocycles. The highest BCUT2D eigenvalue weighted by atomic mass is 32.1. The van der Waals surface area contributed by atoms with E-state index in [4.69, 9.17) is 12.2 Å². The third-order valence-corrected chi connectivity index (χ3v) is 6.47. The van der Waals surface area contributed by atoms with Gasteiger partial charge in [-0.1, -0.05) is 105 Å². The largest absolute Gasteiger partial charge is 0.294 e. The topological polar surface area (TPSA) is 69.4 Å². The van der Waals surface area contributed by atoms with Crippen LogP contribution in [0.4, 0.5) is 0 Å². The molecule has 2 aliphatic rings. The summed E-state index contributed by atoms with van der Waals surface area (Å²) in [6.45, 7) is 4.43. The number of nitrogens with zero attached hydrogens (tertiary/aromatic N) is 4. The van der Waals surface area contributed by atoms with Gasteiger partial charge in [-0.05, 0) is 23.1 Å². The molecule has 0 saturated heterocycles. The van der Waals surface area contributed by atoms with Crippen molar-refractivity contribution in [1.29, 1.82) is 0 Å². The van der Waals surface area contributed by atoms with Crippen LogP contribution in [0.5, 0.6) is 0 Å². The van der Waals surface area contributed by atoms with Crippen molar-refractivity contribution in [2.45, 2.75) is 58.5 Å². The van der Waals surface area contributed by atoms with Gasteiger partial charge >= 0.3 is 0 Å². The molecule has 2 aromatic rings. The van der Waals surface area contributed by atoms with Gasteiger partial charge < -0.3 is 0 Å². The van der Waals surface area contributed by atoms with Crippen LogP contribution in [-0.2, 0) is 17.9 Å². The van der Waals surface area contributed by atoms with Gasteiger partial charge in [0.25, 0.3) is 0 Å². The molecule has 0 fully saturated rings. The van der Waals surface area contributed by atoms with Crippen LogP contribution in [0.1, 0.15) is 56.6 Å². The van der Waals surface area contributed by atoms with Crippen molar-refractivity contribution >= 4 is 41.1 Å². The van der Waals surface area contributed by atoms with Gasteiger partial charge in [0.15, 0.2) is 5.84 Å². The number of unbranched alkanes of at least 4 members (excludes halogenated alkanes) is 4. The highest BCUT2D eigenvalue weighted by Crippen LogP contribution is 2.22. The van der Waals surface area contributed by atoms with Crippen LogP contribution in [0.15, 0.2) is 86.8 Å². The van der Waals surface area contributed by atoms with Crippen molar-refractivity contribution < 1.29 is 4.79 Å². The van der Waals surface area contributed by atoms with Gasteiger partial charge in [-0.3, -0.25) is 15.0 Å². The lowest BCUT2D eigenvalue weighted by atomic mass is 10.1. The molecule has 7 heteroatoms. The van der Waals surface area contributed by atoms with E-state index in [0.717, 1.165) is 43.5 Å². The fourth-order valence-corrected chi connectivity index (χ4v) is 4.66. The van der Waals surface area contributed by atoms with Gasteiger partial charge in [-0.15, -0.1) is 0 Å². The molecular formula is C29H33N5OS. The summed E-state index contributed by atoms with van der Waals surface area (Å²) < 4.78 is 0. The number of thiocarbonyl (C=S) groups is 1. The Bertz CT molecular complexity index is 1140. The van der Waals surface area contributed by atoms with Crippen molar-refractivity contribution in [3.63, 3.8) is 0 Å². The number of amides is 1. The number of nitrogens with one attached hydrogen (secondary N) is 1. The van der Waals surface area contributed by atoms with Crippen LogP contribution in [0, 0.1) is 0 Å². The highest BCUT2D eigenvalue weighted by Gasteiger charge is 2.27. The van der Waals surface area contributed by atoms with E-state index in [9.17, 15) is 4.79 Å². The van der Waals surface area contributed by atoms with Gasteiger partial charge in [-0.25, -0.2) is 9.98 Å². The molecule has 36 heavy (non-hydrogen) atoms. The predicted molar refractivity (Wildman–Crippen MR) is 152 cm³/mol. The normalized spacial score (nSPS) is 14.7. The van der Waals surface area contributed by atoms with E-state index in [1.807, 2.05) is 18.3 Å². The Morgan fingerprint density at radius 2 is 1.50 bits per heavy atom. The summed E-state index contributed by atoms with van der Waals surface area (Å²) in [5, 5.41) is 2.80. The molecule has 0 aromatic heterocycles. The lowest BCUT2D eigenvalue weighted by molar-refractivity contribution is -0.119. The number of rotatable bonds is 12. The fourth-order valence-electron chi connectivity index (χ4n) is 4.35. The van der Waals surface area contributed by atoms with E-state index in [-0.39, 0.29) is 11.9 Å². The average Bonchev–Trinajstić information content (AvgIpc) is 3.28. The van der Waals surface area contributed by atoms with E-state index in [0.29, 0.717) is 23.8 Å². The van der Waals surface area contributed by atoms with Crippen molar-refractivity contribution in [3.8, 4) is 0 Å². The lowest BCUT2D eigenvalue weighted by Crippen LogP contribution is -2.33. The van der Waals surface area contributed by atoms with Gasteiger partial charge in [-0.2, -0.15) is 4.99 Å². The number of fused-ring (bicyclic) bond motifs is 1. The predicted octanol–water partition coefficient (Wildman–Crippen LogP) is 5.64. The molecule has 4 rings (SSSR count). The quantitative estimate of drug-likeness (QED) is 0.303. The molecule has 0 bridgehead atoms. The number of amidine groups is 1. The second-order valence-electron chi connectivity index (χ2n) is 9.16. The maximum absolute atomic E-state index is 12.3. The Morgan fingerprint density at radius 1 is 0.861 bits per heavy atom. The van der Waals surface area contributed by atoms with E-state index >= 15 is 0 Å². The van der Waals surface area contributed by atoms with Crippen LogP contribution >= 0.6 is 12.2 Å². The van der Waals surface area contributed by atoms with Gasteiger partial charge in [0, 0.05) is 32.3 Å². The van der Waals surface area contributed by atoms with E-state index in [1.165, 1.54) is 24.0 Å². The first-order valence-corrected chi connectivity index (χ1v) is 13.1. The molecule has 0 spiro atoms. The molecule has 6 nitrogen and oxygen atoms in total. The summed E-state index contributed by atoms with van der Waals surface area (Å²) in [5.74, 6) is 0.688. The smallest absolute Gasteiger partial charge is 0.232 e. The SMILES string of the molecule is CCCCCCCC(=O)NC1=NC(=S)C2=C(CN(Cc3ccccc3)Cc3ccccc3)C=NC2=N1. The van der Waals surface area contributed by atoms with Crippen LogP contribution in [0.25, 0.3) is 0 Å². The monoisotopic (exact) mass is 499 g/mol. The second kappa shape index (κ2) is 13.1. The maximum Gasteiger partial charge on any atom is 0.232 e. The summed E-state index contributed by atoms with van der Waals surface area (Å²) in [6, 6.07) is 20.9. The number of carbonyl (C=O) groups is 1. The Labute approximate surface area is 219 Å². The molecule has 2 aliphatic heterocycles. The van der Waals surface area contributed by atoms with Gasteiger partial charge in [0.05, 0.1) is 5.57 Å². The summed E-state index contributed by atoms with van der Waals surface area (Å²) >= 11 is 5.62. The lowest BCUT2D eigenvalue weighted by Gasteiger charge is -2.23. The van der Waals surface area contributed by atoms with Crippen molar-refractivity contribution in [3.05, 3.63) is 82.9 Å². The summed E-state index contributed by atoms with van der Waals surface area (Å²) in [4.78, 5) is 28.6. The van der Waals surface area contributed by atoms with Crippen molar-refractivity contribution in [1.82, 2.24) is 10.2 Å². The Kier molecular flexibility index (Phi) is 9.41. The number of hydrogen-bond acceptors (Lipinski definition) is 5. The first-order valence-electron chi connectivity index (χ1n) is 12.7. The zero-order chi connectivity index (χ0) is 25.2. The molecule has 0 radical (unpaired) electrons. The molecule has 0 atom stereocenters. The molecule has 0 saturated carbocycles. The van der Waals surface area contributed by atoms with E-state index < -0.39 is 0 Å². The average molecular weight is 500 g/mol. The maximum atomic E-state index is 12.3. The molecule has 2 aromatic carbocycles. The number of carbonyl (C=O) groups excluding carboxylic acids is 1. The molecule has 1 amide bonds. The number of hydrogen-bond donors (Lipinski definition) is 1. The summed E-state index contributed by atoms with van der Waals surface area (Å²) in [5.41, 5.74) is 4.27. The highest BCUT2D eigenvalue weighted by molar-refractivity contribution is 7.81. The standard InChI is InChI=1S/C29H33N5OS/c1-2-3-4-5-12-17-25(35)31-29-32-27-26(28(36)33-29)24(18-30-27)21-34(19-22-13-8-6-9-14-22)20-23-15-10-7-11-16-23/h6-11,13-16,18H,2-5,12,17,19-21H2,1H3,(H,31,33,35,36). The van der Waals surface area contributed by atoms with Crippen LogP contribution < -0.4 is 5.32 Å². The minimum absolute atomic E-state index is 0.0797. The first-order chi connectivity index (χ1) is 17.6. The van der Waals surface area contributed by atoms with Gasteiger partial charge in [0.2, 0.25) is 11.9 Å². The van der Waals surface area contributed by atoms with Crippen molar-refractivity contribution in [2.24, 2.45) is 15.0 Å². The number of benzene rings is 2. The van der Waals surface area contributed by atoms with Crippen LogP contribution in [0.3, 0.4) is 0 Å².